The summed E-state index contributed by atoms with van der Waals surface area (Å²) in [5.41, 5.74) is 1.10. The lowest BCUT2D eigenvalue weighted by atomic mass is 9.51. The summed E-state index contributed by atoms with van der Waals surface area (Å²) in [7, 11) is 2.18. The maximum atomic E-state index is 11.5. The van der Waals surface area contributed by atoms with Gasteiger partial charge in [0.2, 0.25) is 0 Å². The first-order chi connectivity index (χ1) is 8.90. The van der Waals surface area contributed by atoms with Crippen molar-refractivity contribution in [3.63, 3.8) is 0 Å². The molecule has 2 rings (SSSR count). The molecule has 2 aliphatic rings. The Kier molecular flexibility index (Phi) is 4.13. The van der Waals surface area contributed by atoms with Crippen molar-refractivity contribution in [2.45, 2.75) is 71.4 Å². The zero-order valence-corrected chi connectivity index (χ0v) is 13.4. The van der Waals surface area contributed by atoms with E-state index in [4.69, 9.17) is 0 Å². The molecule has 0 spiro atoms. The molecule has 1 aliphatic heterocycles. The molecule has 0 aromatic heterocycles. The highest BCUT2D eigenvalue weighted by Gasteiger charge is 2.60. The first-order valence-electron chi connectivity index (χ1n) is 8.02. The molecule has 0 aromatic carbocycles. The van der Waals surface area contributed by atoms with Crippen LogP contribution in [0.25, 0.3) is 0 Å². The van der Waals surface area contributed by atoms with E-state index in [1.807, 2.05) is 0 Å². The molecule has 1 heterocycles. The van der Waals surface area contributed by atoms with E-state index in [0.29, 0.717) is 12.0 Å². The van der Waals surface area contributed by atoms with Crippen LogP contribution in [-0.2, 0) is 0 Å². The molecule has 1 saturated carbocycles. The number of likely N-dealkylation sites (N-methyl/N-ethyl adjacent to an activating group) is 1. The van der Waals surface area contributed by atoms with Crippen molar-refractivity contribution < 1.29 is 5.11 Å². The zero-order valence-electron chi connectivity index (χ0n) is 13.4. The van der Waals surface area contributed by atoms with Crippen LogP contribution in [0, 0.1) is 11.3 Å². The van der Waals surface area contributed by atoms with E-state index in [0.717, 1.165) is 38.6 Å². The molecule has 0 radical (unpaired) electrons. The normalized spacial score (nSPS) is 45.7. The van der Waals surface area contributed by atoms with Crippen molar-refractivity contribution in [3.8, 4) is 0 Å². The van der Waals surface area contributed by atoms with Crippen molar-refractivity contribution in [1.29, 1.82) is 0 Å². The highest BCUT2D eigenvalue weighted by atomic mass is 16.3. The van der Waals surface area contributed by atoms with Gasteiger partial charge in [-0.2, -0.15) is 0 Å². The van der Waals surface area contributed by atoms with Crippen LogP contribution >= 0.6 is 0 Å². The Morgan fingerprint density at radius 1 is 1.42 bits per heavy atom. The van der Waals surface area contributed by atoms with Gasteiger partial charge in [0.1, 0.15) is 0 Å². The largest absolute Gasteiger partial charge is 0.388 e. The monoisotopic (exact) mass is 265 g/mol. The Bertz CT molecular complexity index is 364. The predicted molar refractivity (Wildman–Crippen MR) is 81.2 cm³/mol. The summed E-state index contributed by atoms with van der Waals surface area (Å²) in [5, 5.41) is 11.5. The van der Waals surface area contributed by atoms with Gasteiger partial charge in [-0.3, -0.25) is 0 Å². The van der Waals surface area contributed by atoms with Crippen LogP contribution in [0.3, 0.4) is 0 Å². The fourth-order valence-electron chi connectivity index (χ4n) is 4.61. The van der Waals surface area contributed by atoms with Crippen molar-refractivity contribution in [2.75, 3.05) is 13.6 Å². The van der Waals surface area contributed by atoms with E-state index in [9.17, 15) is 5.11 Å². The molecule has 1 aliphatic carbocycles. The summed E-state index contributed by atoms with van der Waals surface area (Å²) in [6.07, 6.45) is 7.67. The van der Waals surface area contributed by atoms with Crippen molar-refractivity contribution in [2.24, 2.45) is 11.3 Å². The van der Waals surface area contributed by atoms with Crippen LogP contribution in [0.2, 0.25) is 0 Å². The number of likely N-dealkylation sites (tertiary alicyclic amines) is 1. The molecular weight excluding hydrogens is 234 g/mol. The summed E-state index contributed by atoms with van der Waals surface area (Å²) in [4.78, 5) is 2.40. The SMILES string of the molecule is CCC=C1CC2N(C)CCC(C)(C1C)C2(O)CCC. The Labute approximate surface area is 118 Å². The molecule has 110 valence electrons. The second kappa shape index (κ2) is 5.21. The van der Waals surface area contributed by atoms with Gasteiger partial charge in [0.05, 0.1) is 5.60 Å². The summed E-state index contributed by atoms with van der Waals surface area (Å²) < 4.78 is 0. The molecule has 0 aromatic rings. The van der Waals surface area contributed by atoms with Crippen LogP contribution in [0.4, 0.5) is 0 Å². The minimum absolute atomic E-state index is 0.0411. The van der Waals surface area contributed by atoms with Gasteiger partial charge >= 0.3 is 0 Å². The van der Waals surface area contributed by atoms with E-state index in [1.54, 1.807) is 5.57 Å². The molecule has 4 unspecified atom stereocenters. The molecule has 2 fully saturated rings. The van der Waals surface area contributed by atoms with Gasteiger partial charge in [-0.05, 0) is 45.2 Å². The third kappa shape index (κ3) is 2.08. The lowest BCUT2D eigenvalue weighted by molar-refractivity contribution is -0.195. The van der Waals surface area contributed by atoms with Crippen LogP contribution in [-0.4, -0.2) is 35.2 Å². The Hall–Kier alpha value is -0.340. The lowest BCUT2D eigenvalue weighted by Gasteiger charge is -2.63. The Morgan fingerprint density at radius 2 is 2.11 bits per heavy atom. The van der Waals surface area contributed by atoms with Gasteiger partial charge in [0.15, 0.2) is 0 Å². The number of hydrogen-bond acceptors (Lipinski definition) is 2. The van der Waals surface area contributed by atoms with Gasteiger partial charge in [-0.1, -0.05) is 45.8 Å². The minimum Gasteiger partial charge on any atom is -0.388 e. The van der Waals surface area contributed by atoms with Gasteiger partial charge in [-0.15, -0.1) is 0 Å². The van der Waals surface area contributed by atoms with Crippen LogP contribution in [0.5, 0.6) is 0 Å². The van der Waals surface area contributed by atoms with Crippen LogP contribution in [0.1, 0.15) is 59.8 Å². The van der Waals surface area contributed by atoms with Crippen molar-refractivity contribution in [1.82, 2.24) is 4.90 Å². The van der Waals surface area contributed by atoms with E-state index >= 15 is 0 Å². The molecule has 2 heteroatoms. The molecule has 4 atom stereocenters. The smallest absolute Gasteiger partial charge is 0.0864 e. The number of rotatable bonds is 3. The molecule has 1 saturated heterocycles. The first kappa shape index (κ1) is 15.1. The van der Waals surface area contributed by atoms with E-state index in [-0.39, 0.29) is 5.41 Å². The minimum atomic E-state index is -0.515. The second-order valence-corrected chi connectivity index (χ2v) is 6.95. The number of aliphatic hydroxyl groups is 1. The number of fused-ring (bicyclic) bond motifs is 2. The fraction of sp³-hybridized carbons (Fsp3) is 0.882. The standard InChI is InChI=1S/C17H31NO/c1-6-8-14-12-15-17(19,9-7-2)16(4,13(14)3)10-11-18(15)5/h8,13,15,19H,6-7,9-12H2,1-5H3. The maximum absolute atomic E-state index is 11.5. The number of allylic oxidation sites excluding steroid dienone is 1. The number of piperidine rings is 1. The highest BCUT2D eigenvalue weighted by molar-refractivity contribution is 5.25. The lowest BCUT2D eigenvalue weighted by Crippen LogP contribution is -2.69. The van der Waals surface area contributed by atoms with Crippen LogP contribution < -0.4 is 0 Å². The summed E-state index contributed by atoms with van der Waals surface area (Å²) >= 11 is 0. The van der Waals surface area contributed by atoms with Gasteiger partial charge in [-0.25, -0.2) is 0 Å². The molecular formula is C17H31NO. The highest BCUT2D eigenvalue weighted by Crippen LogP contribution is 2.57. The van der Waals surface area contributed by atoms with E-state index in [2.05, 4.69) is 45.7 Å². The Morgan fingerprint density at radius 3 is 2.68 bits per heavy atom. The molecule has 1 N–H and O–H groups in total. The summed E-state index contributed by atoms with van der Waals surface area (Å²) in [6.45, 7) is 10.2. The Balaban J connectivity index is 2.44. The first-order valence-corrected chi connectivity index (χ1v) is 8.02. The molecule has 2 nitrogen and oxygen atoms in total. The van der Waals surface area contributed by atoms with E-state index < -0.39 is 5.60 Å². The quantitative estimate of drug-likeness (QED) is 0.788. The van der Waals surface area contributed by atoms with Gasteiger partial charge in [0, 0.05) is 11.5 Å². The average molecular weight is 265 g/mol. The zero-order chi connectivity index (χ0) is 14.3. The van der Waals surface area contributed by atoms with Crippen LogP contribution in [0.15, 0.2) is 11.6 Å². The molecule has 2 bridgehead atoms. The average Bonchev–Trinajstić information content (AvgIpc) is 2.36. The van der Waals surface area contributed by atoms with Crippen molar-refractivity contribution in [3.05, 3.63) is 11.6 Å². The molecule has 19 heavy (non-hydrogen) atoms. The maximum Gasteiger partial charge on any atom is 0.0864 e. The summed E-state index contributed by atoms with van der Waals surface area (Å²) in [6, 6.07) is 0.306. The molecule has 0 amide bonds. The van der Waals surface area contributed by atoms with Gasteiger partial charge in [0.25, 0.3) is 0 Å². The number of nitrogens with zero attached hydrogens (tertiary/aromatic N) is 1. The second-order valence-electron chi connectivity index (χ2n) is 6.95. The predicted octanol–water partition coefficient (Wildman–Crippen LogP) is 3.60. The number of hydrogen-bond donors (Lipinski definition) is 1. The van der Waals surface area contributed by atoms with E-state index in [1.165, 1.54) is 0 Å². The third-order valence-electron chi connectivity index (χ3n) is 6.09. The third-order valence-corrected chi connectivity index (χ3v) is 6.09. The topological polar surface area (TPSA) is 23.5 Å². The van der Waals surface area contributed by atoms with Crippen molar-refractivity contribution >= 4 is 0 Å². The fourth-order valence-corrected chi connectivity index (χ4v) is 4.61. The summed E-state index contributed by atoms with van der Waals surface area (Å²) in [5.74, 6) is 0.508. The van der Waals surface area contributed by atoms with Gasteiger partial charge < -0.3 is 10.0 Å².